The van der Waals surface area contributed by atoms with Gasteiger partial charge in [0.25, 0.3) is 5.91 Å². The van der Waals surface area contributed by atoms with E-state index in [4.69, 9.17) is 23.2 Å². The molecule has 0 aliphatic carbocycles. The smallest absolute Gasteiger partial charge is 0.267 e. The Balaban J connectivity index is 1.98. The van der Waals surface area contributed by atoms with Gasteiger partial charge in [0.2, 0.25) is 0 Å². The molecule has 0 N–H and O–H groups in total. The van der Waals surface area contributed by atoms with Crippen LogP contribution in [0.3, 0.4) is 0 Å². The molecule has 1 aliphatic heterocycles. The Bertz CT molecular complexity index is 900. The minimum atomic E-state index is -0.165. The molecule has 0 bridgehead atoms. The fourth-order valence-corrected chi connectivity index (χ4v) is 2.95. The molecule has 0 radical (unpaired) electrons. The maximum absolute atomic E-state index is 12.8. The van der Waals surface area contributed by atoms with Crippen molar-refractivity contribution in [3.8, 4) is 0 Å². The number of carbonyl (C=O) groups is 1. The van der Waals surface area contributed by atoms with Gasteiger partial charge in [0.1, 0.15) is 0 Å². The average molecular weight is 359 g/mol. The first-order chi connectivity index (χ1) is 11.4. The number of aryl methyl sites for hydroxylation is 2. The molecule has 1 amide bonds. The Morgan fingerprint density at radius 2 is 1.75 bits per heavy atom. The molecule has 3 rings (SSSR count). The number of amides is 1. The maximum atomic E-state index is 12.8. The summed E-state index contributed by atoms with van der Waals surface area (Å²) in [5.41, 5.74) is 4.97. The number of anilines is 1. The molecule has 1 aliphatic rings. The predicted octanol–water partition coefficient (Wildman–Crippen LogP) is 5.42. The van der Waals surface area contributed by atoms with Crippen molar-refractivity contribution >= 4 is 46.6 Å². The Morgan fingerprint density at radius 1 is 1.00 bits per heavy atom. The Labute approximate surface area is 151 Å². The van der Waals surface area contributed by atoms with Crippen molar-refractivity contribution in [1.82, 2.24) is 0 Å². The van der Waals surface area contributed by atoms with Gasteiger partial charge in [-0.15, -0.1) is 0 Å². The standard InChI is InChI=1S/C19H16Cl2N2O/c1-11-4-7-16(8-12(11)2)23-19(24)17(13(3)22-23)9-14-5-6-15(20)10-18(14)21/h4-10H,1-3H3. The third-order valence-corrected chi connectivity index (χ3v) is 4.62. The first-order valence-electron chi connectivity index (χ1n) is 7.51. The van der Waals surface area contributed by atoms with E-state index in [0.29, 0.717) is 21.3 Å². The first-order valence-corrected chi connectivity index (χ1v) is 8.26. The van der Waals surface area contributed by atoms with E-state index < -0.39 is 0 Å². The molecule has 0 saturated heterocycles. The molecular weight excluding hydrogens is 343 g/mol. The van der Waals surface area contributed by atoms with Gasteiger partial charge in [0.15, 0.2) is 0 Å². The summed E-state index contributed by atoms with van der Waals surface area (Å²) in [6, 6.07) is 11.0. The van der Waals surface area contributed by atoms with Crippen LogP contribution in [0.15, 0.2) is 47.1 Å². The molecule has 0 unspecified atom stereocenters. The van der Waals surface area contributed by atoms with E-state index in [1.54, 1.807) is 24.3 Å². The minimum Gasteiger partial charge on any atom is -0.267 e. The zero-order chi connectivity index (χ0) is 17.4. The number of hydrogen-bond donors (Lipinski definition) is 0. The Kier molecular flexibility index (Phi) is 4.48. The SMILES string of the molecule is CC1=NN(c2ccc(C)c(C)c2)C(=O)C1=Cc1ccc(Cl)cc1Cl. The monoisotopic (exact) mass is 358 g/mol. The topological polar surface area (TPSA) is 32.7 Å². The second-order valence-corrected chi connectivity index (χ2v) is 6.64. The minimum absolute atomic E-state index is 0.165. The van der Waals surface area contributed by atoms with Crippen LogP contribution in [0, 0.1) is 13.8 Å². The van der Waals surface area contributed by atoms with Gasteiger partial charge >= 0.3 is 0 Å². The van der Waals surface area contributed by atoms with E-state index >= 15 is 0 Å². The zero-order valence-corrected chi connectivity index (χ0v) is 15.1. The molecule has 0 spiro atoms. The van der Waals surface area contributed by atoms with E-state index in [0.717, 1.165) is 16.8 Å². The van der Waals surface area contributed by atoms with Gasteiger partial charge in [-0.3, -0.25) is 4.79 Å². The molecule has 0 saturated carbocycles. The summed E-state index contributed by atoms with van der Waals surface area (Å²) in [6.07, 6.45) is 1.75. The van der Waals surface area contributed by atoms with Crippen LogP contribution < -0.4 is 5.01 Å². The molecule has 5 heteroatoms. The van der Waals surface area contributed by atoms with E-state index in [1.807, 2.05) is 39.0 Å². The summed E-state index contributed by atoms with van der Waals surface area (Å²) in [6.45, 7) is 5.86. The van der Waals surface area contributed by atoms with Crippen LogP contribution in [0.4, 0.5) is 5.69 Å². The number of nitrogens with zero attached hydrogens (tertiary/aromatic N) is 2. The normalized spacial score (nSPS) is 16.0. The summed E-state index contributed by atoms with van der Waals surface area (Å²) in [5, 5.41) is 6.88. The average Bonchev–Trinajstić information content (AvgIpc) is 2.80. The van der Waals surface area contributed by atoms with Crippen LogP contribution in [0.25, 0.3) is 6.08 Å². The summed E-state index contributed by atoms with van der Waals surface area (Å²) >= 11 is 12.1. The number of halogens is 2. The van der Waals surface area contributed by atoms with Crippen LogP contribution in [0.1, 0.15) is 23.6 Å². The molecule has 3 nitrogen and oxygen atoms in total. The second-order valence-electron chi connectivity index (χ2n) is 5.79. The number of benzene rings is 2. The van der Waals surface area contributed by atoms with Crippen LogP contribution in [-0.2, 0) is 4.79 Å². The van der Waals surface area contributed by atoms with Crippen molar-refractivity contribution in [3.05, 3.63) is 68.7 Å². The fraction of sp³-hybridized carbons (Fsp3) is 0.158. The fourth-order valence-electron chi connectivity index (χ4n) is 2.49. The van der Waals surface area contributed by atoms with Gasteiger partial charge in [0, 0.05) is 10.0 Å². The quantitative estimate of drug-likeness (QED) is 0.660. The molecule has 122 valence electrons. The van der Waals surface area contributed by atoms with Crippen molar-refractivity contribution in [2.45, 2.75) is 20.8 Å². The highest BCUT2D eigenvalue weighted by Crippen LogP contribution is 2.29. The number of hydrazone groups is 1. The van der Waals surface area contributed by atoms with Crippen LogP contribution >= 0.6 is 23.2 Å². The predicted molar refractivity (Wildman–Crippen MR) is 101 cm³/mol. The van der Waals surface area contributed by atoms with Crippen molar-refractivity contribution in [3.63, 3.8) is 0 Å². The van der Waals surface area contributed by atoms with E-state index in [2.05, 4.69) is 5.10 Å². The summed E-state index contributed by atoms with van der Waals surface area (Å²) < 4.78 is 0. The summed E-state index contributed by atoms with van der Waals surface area (Å²) in [5.74, 6) is -0.165. The third kappa shape index (κ3) is 3.10. The molecule has 1 heterocycles. The molecule has 24 heavy (non-hydrogen) atoms. The Hall–Kier alpha value is -2.10. The van der Waals surface area contributed by atoms with E-state index in [9.17, 15) is 4.79 Å². The molecular formula is C19H16Cl2N2O. The second kappa shape index (κ2) is 6.42. The lowest BCUT2D eigenvalue weighted by atomic mass is 10.1. The van der Waals surface area contributed by atoms with Gasteiger partial charge in [0.05, 0.1) is 17.0 Å². The number of rotatable bonds is 2. The molecule has 0 fully saturated rings. The molecule has 2 aromatic rings. The highest BCUT2D eigenvalue weighted by Gasteiger charge is 2.29. The van der Waals surface area contributed by atoms with Crippen molar-refractivity contribution in [2.75, 3.05) is 5.01 Å². The largest absolute Gasteiger partial charge is 0.280 e. The molecule has 0 aromatic heterocycles. The van der Waals surface area contributed by atoms with Gasteiger partial charge in [-0.2, -0.15) is 10.1 Å². The van der Waals surface area contributed by atoms with Crippen molar-refractivity contribution < 1.29 is 4.79 Å². The van der Waals surface area contributed by atoms with Gasteiger partial charge in [-0.05, 0) is 67.8 Å². The maximum Gasteiger partial charge on any atom is 0.280 e. The van der Waals surface area contributed by atoms with E-state index in [-0.39, 0.29) is 5.91 Å². The summed E-state index contributed by atoms with van der Waals surface area (Å²) in [4.78, 5) is 12.8. The van der Waals surface area contributed by atoms with Crippen molar-refractivity contribution in [2.24, 2.45) is 5.10 Å². The zero-order valence-electron chi connectivity index (χ0n) is 13.6. The summed E-state index contributed by atoms with van der Waals surface area (Å²) in [7, 11) is 0. The van der Waals surface area contributed by atoms with Crippen LogP contribution in [0.2, 0.25) is 10.0 Å². The molecule has 0 atom stereocenters. The highest BCUT2D eigenvalue weighted by molar-refractivity contribution is 6.36. The van der Waals surface area contributed by atoms with Crippen molar-refractivity contribution in [1.29, 1.82) is 0 Å². The van der Waals surface area contributed by atoms with E-state index in [1.165, 1.54) is 10.6 Å². The van der Waals surface area contributed by atoms with Crippen LogP contribution in [-0.4, -0.2) is 11.6 Å². The highest BCUT2D eigenvalue weighted by atomic mass is 35.5. The first kappa shape index (κ1) is 16.7. The number of hydrogen-bond acceptors (Lipinski definition) is 2. The van der Waals surface area contributed by atoms with Gasteiger partial charge < -0.3 is 0 Å². The van der Waals surface area contributed by atoms with Crippen LogP contribution in [0.5, 0.6) is 0 Å². The van der Waals surface area contributed by atoms with Gasteiger partial charge in [-0.1, -0.05) is 35.3 Å². The number of carbonyl (C=O) groups excluding carboxylic acids is 1. The molecule has 2 aromatic carbocycles. The van der Waals surface area contributed by atoms with Gasteiger partial charge in [-0.25, -0.2) is 0 Å². The third-order valence-electron chi connectivity index (χ3n) is 4.06. The lowest BCUT2D eigenvalue weighted by Crippen LogP contribution is -2.21. The Morgan fingerprint density at radius 3 is 2.42 bits per heavy atom. The lowest BCUT2D eigenvalue weighted by molar-refractivity contribution is -0.114. The lowest BCUT2D eigenvalue weighted by Gasteiger charge is -2.13.